The van der Waals surface area contributed by atoms with E-state index in [0.29, 0.717) is 6.42 Å². The van der Waals surface area contributed by atoms with E-state index in [9.17, 15) is 36.7 Å². The van der Waals surface area contributed by atoms with Crippen LogP contribution in [0.5, 0.6) is 0 Å². The first-order valence-corrected chi connectivity index (χ1v) is 10.4. The van der Waals surface area contributed by atoms with Gasteiger partial charge in [0, 0.05) is 0 Å². The van der Waals surface area contributed by atoms with Crippen LogP contribution in [0.15, 0.2) is 0 Å². The number of alkyl halides is 2. The number of aliphatic hydroxyl groups is 1. The highest BCUT2D eigenvalue weighted by Crippen LogP contribution is 2.22. The Morgan fingerprint density at radius 2 is 1.60 bits per heavy atom. The van der Waals surface area contributed by atoms with Crippen molar-refractivity contribution >= 4 is 28.1 Å². The number of aliphatic hydroxyl groups excluding tert-OH is 1. The van der Waals surface area contributed by atoms with Gasteiger partial charge in [-0.05, 0) is 40.0 Å². The van der Waals surface area contributed by atoms with Gasteiger partial charge in [-0.25, -0.2) is 14.4 Å². The minimum atomic E-state index is -5.95. The maximum Gasteiger partial charge on any atom is 0.465 e. The molecule has 0 radical (unpaired) electrons. The van der Waals surface area contributed by atoms with Crippen LogP contribution < -0.4 is 5.32 Å². The Morgan fingerprint density at radius 3 is 2.03 bits per heavy atom. The summed E-state index contributed by atoms with van der Waals surface area (Å²) < 4.78 is 68.9. The van der Waals surface area contributed by atoms with Crippen molar-refractivity contribution in [1.82, 2.24) is 5.32 Å². The van der Waals surface area contributed by atoms with E-state index in [1.807, 2.05) is 0 Å². The fourth-order valence-corrected chi connectivity index (χ4v) is 1.95. The Labute approximate surface area is 172 Å². The first-order valence-electron chi connectivity index (χ1n) is 8.91. The maximum atomic E-state index is 12.9. The molecule has 0 fully saturated rings. The number of hydrogen-bond acceptors (Lipinski definition) is 9. The minimum absolute atomic E-state index is 0.0241. The summed E-state index contributed by atoms with van der Waals surface area (Å²) in [4.78, 5) is 34.8. The van der Waals surface area contributed by atoms with Crippen molar-refractivity contribution < 1.29 is 55.5 Å². The molecule has 14 heteroatoms. The molecule has 176 valence electrons. The number of rotatable bonds is 12. The molecule has 0 aromatic carbocycles. The third kappa shape index (κ3) is 9.17. The van der Waals surface area contributed by atoms with Gasteiger partial charge in [-0.15, -0.1) is 0 Å². The maximum absolute atomic E-state index is 12.9. The molecule has 0 aromatic rings. The van der Waals surface area contributed by atoms with Gasteiger partial charge in [-0.3, -0.25) is 4.55 Å². The van der Waals surface area contributed by atoms with E-state index in [4.69, 9.17) is 14.0 Å². The molecule has 0 aliphatic carbocycles. The van der Waals surface area contributed by atoms with Gasteiger partial charge in [0.2, 0.25) is 0 Å². The van der Waals surface area contributed by atoms with Crippen LogP contribution in [0.25, 0.3) is 0 Å². The first-order chi connectivity index (χ1) is 13.5. The van der Waals surface area contributed by atoms with Crippen LogP contribution in [0.2, 0.25) is 0 Å². The van der Waals surface area contributed by atoms with Crippen molar-refractivity contribution in [3.05, 3.63) is 0 Å². The zero-order valence-corrected chi connectivity index (χ0v) is 17.8. The summed E-state index contributed by atoms with van der Waals surface area (Å²) in [6.07, 6.45) is -1.80. The highest BCUT2D eigenvalue weighted by atomic mass is 32.2. The van der Waals surface area contributed by atoms with Crippen molar-refractivity contribution in [3.63, 3.8) is 0 Å². The zero-order chi connectivity index (χ0) is 23.8. The van der Waals surface area contributed by atoms with Gasteiger partial charge in [-0.1, -0.05) is 6.92 Å². The van der Waals surface area contributed by atoms with Crippen LogP contribution in [0.4, 0.5) is 13.6 Å². The molecule has 2 atom stereocenters. The number of ether oxygens (including phenoxy) is 3. The third-order valence-corrected chi connectivity index (χ3v) is 4.62. The zero-order valence-electron chi connectivity index (χ0n) is 17.0. The molecule has 3 N–H and O–H groups in total. The summed E-state index contributed by atoms with van der Waals surface area (Å²) in [5.41, 5.74) is -0.791. The van der Waals surface area contributed by atoms with Gasteiger partial charge in [0.15, 0.2) is 6.04 Å². The van der Waals surface area contributed by atoms with Gasteiger partial charge in [-0.2, -0.15) is 17.2 Å². The second-order valence-corrected chi connectivity index (χ2v) is 8.33. The van der Waals surface area contributed by atoms with E-state index < -0.39 is 57.8 Å². The monoisotopic (exact) mass is 463 g/mol. The Bertz CT molecular complexity index is 709. The molecular weight excluding hydrogens is 436 g/mol. The smallest absolute Gasteiger partial charge is 0.464 e. The van der Waals surface area contributed by atoms with E-state index in [0.717, 1.165) is 0 Å². The third-order valence-electron chi connectivity index (χ3n) is 3.81. The molecule has 0 rings (SSSR count). The number of esters is 2. The summed E-state index contributed by atoms with van der Waals surface area (Å²) in [6, 6.07) is -1.42. The van der Waals surface area contributed by atoms with Crippen LogP contribution in [0.3, 0.4) is 0 Å². The Hall–Kier alpha value is -2.06. The average molecular weight is 463 g/mol. The van der Waals surface area contributed by atoms with E-state index in [-0.39, 0.29) is 19.4 Å². The molecule has 30 heavy (non-hydrogen) atoms. The largest absolute Gasteiger partial charge is 0.465 e. The van der Waals surface area contributed by atoms with Crippen LogP contribution in [-0.2, 0) is 33.9 Å². The lowest BCUT2D eigenvalue weighted by Gasteiger charge is -2.26. The van der Waals surface area contributed by atoms with Gasteiger partial charge >= 0.3 is 33.4 Å². The summed E-state index contributed by atoms with van der Waals surface area (Å²) in [6.45, 7) is 5.44. The van der Waals surface area contributed by atoms with E-state index in [1.54, 1.807) is 20.8 Å². The molecule has 0 bridgehead atoms. The normalized spacial score (nSPS) is 14.4. The van der Waals surface area contributed by atoms with E-state index in [1.165, 1.54) is 6.92 Å². The van der Waals surface area contributed by atoms with Crippen molar-refractivity contribution in [2.24, 2.45) is 0 Å². The summed E-state index contributed by atoms with van der Waals surface area (Å²) in [7, 11) is -5.95. The lowest BCUT2D eigenvalue weighted by molar-refractivity contribution is -0.162. The fraction of sp³-hybridized carbons (Fsp3) is 0.812. The van der Waals surface area contributed by atoms with Crippen LogP contribution in [0.1, 0.15) is 47.0 Å². The molecule has 1 amide bonds. The van der Waals surface area contributed by atoms with Crippen LogP contribution >= 0.6 is 0 Å². The van der Waals surface area contributed by atoms with Gasteiger partial charge in [0.1, 0.15) is 5.60 Å². The lowest BCUT2D eigenvalue weighted by atomic mass is 10.1. The van der Waals surface area contributed by atoms with E-state index in [2.05, 4.69) is 10.1 Å². The number of carbonyl (C=O) groups is 3. The van der Waals surface area contributed by atoms with Crippen molar-refractivity contribution in [2.75, 3.05) is 13.2 Å². The standard InChI is InChI=1S/C16H27F2NO10S/c1-5-15(3,4)29-14(23)19-11(10(2)20)12(21)27-8-6-7-9-28-13(22)16(17,18)30(24,25)26/h10-11,20H,5-9H2,1-4H3,(H,19,23)(H,24,25,26). The van der Waals surface area contributed by atoms with Gasteiger partial charge < -0.3 is 24.6 Å². The molecule has 0 saturated heterocycles. The van der Waals surface area contributed by atoms with Crippen molar-refractivity contribution in [3.8, 4) is 0 Å². The SMILES string of the molecule is CCC(C)(C)OC(=O)NC(C(=O)OCCCCOC(=O)C(F)(F)S(=O)(=O)O)C(C)O. The van der Waals surface area contributed by atoms with Crippen molar-refractivity contribution in [1.29, 1.82) is 0 Å². The van der Waals surface area contributed by atoms with Gasteiger partial charge in [0.05, 0.1) is 19.3 Å². The van der Waals surface area contributed by atoms with E-state index >= 15 is 0 Å². The Kier molecular flexibility index (Phi) is 10.6. The second kappa shape index (κ2) is 11.4. The summed E-state index contributed by atoms with van der Waals surface area (Å²) in [5, 5.41) is 6.76. The Morgan fingerprint density at radius 1 is 1.10 bits per heavy atom. The molecule has 0 aliphatic heterocycles. The number of unbranched alkanes of at least 4 members (excludes halogenated alkanes) is 1. The molecule has 0 heterocycles. The second-order valence-electron chi connectivity index (χ2n) is 6.87. The van der Waals surface area contributed by atoms with Crippen molar-refractivity contribution in [2.45, 2.75) is 70.0 Å². The number of amides is 1. The quantitative estimate of drug-likeness (QED) is 0.164. The average Bonchev–Trinajstić information content (AvgIpc) is 2.60. The molecule has 2 unspecified atom stereocenters. The molecule has 0 spiro atoms. The molecular formula is C16H27F2NO10S. The predicted molar refractivity (Wildman–Crippen MR) is 97.1 cm³/mol. The fourth-order valence-electron chi connectivity index (χ4n) is 1.68. The predicted octanol–water partition coefficient (Wildman–Crippen LogP) is 0.998. The topological polar surface area (TPSA) is 166 Å². The van der Waals surface area contributed by atoms with Gasteiger partial charge in [0.25, 0.3) is 0 Å². The minimum Gasteiger partial charge on any atom is -0.464 e. The highest BCUT2D eigenvalue weighted by molar-refractivity contribution is 7.87. The number of alkyl carbamates (subject to hydrolysis) is 1. The van der Waals surface area contributed by atoms with Crippen LogP contribution in [0, 0.1) is 0 Å². The molecule has 11 nitrogen and oxygen atoms in total. The number of hydrogen-bond donors (Lipinski definition) is 3. The lowest BCUT2D eigenvalue weighted by Crippen LogP contribution is -2.50. The summed E-state index contributed by atoms with van der Waals surface area (Å²) in [5.74, 6) is -3.42. The Balaban J connectivity index is 4.41. The highest BCUT2D eigenvalue weighted by Gasteiger charge is 2.54. The molecule has 0 aromatic heterocycles. The van der Waals surface area contributed by atoms with Crippen LogP contribution in [-0.4, -0.2) is 72.3 Å². The molecule has 0 aliphatic rings. The number of nitrogens with one attached hydrogen (secondary N) is 1. The summed E-state index contributed by atoms with van der Waals surface area (Å²) >= 11 is 0. The first kappa shape index (κ1) is 27.9. The number of carbonyl (C=O) groups excluding carboxylic acids is 3. The molecule has 0 saturated carbocycles. The number of halogens is 2.